The normalized spacial score (nSPS) is 15.7. The molecule has 1 aliphatic carbocycles. The summed E-state index contributed by atoms with van der Waals surface area (Å²) in [5.41, 5.74) is 2.68. The molecular weight excluding hydrogens is 362 g/mol. The van der Waals surface area contributed by atoms with E-state index >= 15 is 0 Å². The Morgan fingerprint density at radius 3 is 2.70 bits per heavy atom. The van der Waals surface area contributed by atoms with E-state index in [4.69, 9.17) is 9.47 Å². The number of anilines is 1. The van der Waals surface area contributed by atoms with E-state index in [1.807, 2.05) is 31.2 Å². The van der Waals surface area contributed by atoms with Crippen molar-refractivity contribution in [2.24, 2.45) is 5.92 Å². The van der Waals surface area contributed by atoms with Gasteiger partial charge < -0.3 is 14.8 Å². The van der Waals surface area contributed by atoms with Crippen LogP contribution in [0.1, 0.15) is 46.6 Å². The van der Waals surface area contributed by atoms with E-state index in [9.17, 15) is 9.59 Å². The highest BCUT2D eigenvalue weighted by molar-refractivity contribution is 7.17. The third-order valence-electron chi connectivity index (χ3n) is 4.64. The summed E-state index contributed by atoms with van der Waals surface area (Å²) in [5, 5.41) is 3.43. The molecule has 6 heteroatoms. The summed E-state index contributed by atoms with van der Waals surface area (Å²) in [6.07, 6.45) is 2.82. The number of esters is 1. The maximum absolute atomic E-state index is 12.5. The molecule has 1 aliphatic rings. The molecule has 1 aromatic heterocycles. The Kier molecular flexibility index (Phi) is 6.16. The average molecular weight is 388 g/mol. The van der Waals surface area contributed by atoms with Gasteiger partial charge in [-0.2, -0.15) is 0 Å². The van der Waals surface area contributed by atoms with Crippen LogP contribution in [0.15, 0.2) is 24.3 Å². The fourth-order valence-corrected chi connectivity index (χ4v) is 4.62. The number of rotatable bonds is 6. The lowest BCUT2D eigenvalue weighted by molar-refractivity contribution is -0.118. The zero-order valence-electron chi connectivity index (χ0n) is 16.0. The van der Waals surface area contributed by atoms with Crippen LogP contribution in [0.3, 0.4) is 0 Å². The van der Waals surface area contributed by atoms with E-state index in [0.717, 1.165) is 30.4 Å². The summed E-state index contributed by atoms with van der Waals surface area (Å²) in [6, 6.07) is 7.52. The molecule has 144 valence electrons. The van der Waals surface area contributed by atoms with E-state index in [-0.39, 0.29) is 18.5 Å². The minimum atomic E-state index is -0.362. The fraction of sp³-hybridized carbons (Fsp3) is 0.429. The molecule has 0 saturated heterocycles. The number of carbonyl (C=O) groups is 2. The number of hydrogen-bond acceptors (Lipinski definition) is 5. The van der Waals surface area contributed by atoms with Crippen LogP contribution in [0.2, 0.25) is 0 Å². The minimum absolute atomic E-state index is 0.107. The molecule has 5 nitrogen and oxygen atoms in total. The topological polar surface area (TPSA) is 64.6 Å². The Morgan fingerprint density at radius 1 is 1.26 bits per heavy atom. The monoisotopic (exact) mass is 387 g/mol. The van der Waals surface area contributed by atoms with E-state index in [2.05, 4.69) is 12.2 Å². The molecule has 1 atom stereocenters. The molecule has 1 N–H and O–H groups in total. The Hall–Kier alpha value is -2.34. The van der Waals surface area contributed by atoms with Gasteiger partial charge in [0.25, 0.3) is 5.91 Å². The van der Waals surface area contributed by atoms with Gasteiger partial charge in [-0.1, -0.05) is 24.6 Å². The van der Waals surface area contributed by atoms with Crippen LogP contribution < -0.4 is 10.1 Å². The highest BCUT2D eigenvalue weighted by atomic mass is 32.1. The maximum atomic E-state index is 12.5. The van der Waals surface area contributed by atoms with Gasteiger partial charge in [-0.3, -0.25) is 4.79 Å². The minimum Gasteiger partial charge on any atom is -0.484 e. The SMILES string of the molecule is CCOC(=O)c1c(NC(=O)COc2ccc(C)cc2)sc2c1CCC(C)C2. The largest absolute Gasteiger partial charge is 0.484 e. The summed E-state index contributed by atoms with van der Waals surface area (Å²) < 4.78 is 10.8. The van der Waals surface area contributed by atoms with Gasteiger partial charge in [0.15, 0.2) is 6.61 Å². The first-order valence-electron chi connectivity index (χ1n) is 9.29. The van der Waals surface area contributed by atoms with Crippen molar-refractivity contribution in [1.82, 2.24) is 0 Å². The summed E-state index contributed by atoms with van der Waals surface area (Å²) in [5.74, 6) is 0.576. The molecule has 0 radical (unpaired) electrons. The van der Waals surface area contributed by atoms with Crippen LogP contribution in [-0.2, 0) is 22.4 Å². The molecule has 1 heterocycles. The standard InChI is InChI=1S/C21H25NO4S/c1-4-25-21(24)19-16-10-7-14(3)11-17(16)27-20(19)22-18(23)12-26-15-8-5-13(2)6-9-15/h5-6,8-9,14H,4,7,10-12H2,1-3H3,(H,22,23). The Labute approximate surface area is 163 Å². The Balaban J connectivity index is 1.73. The van der Waals surface area contributed by atoms with Crippen LogP contribution >= 0.6 is 11.3 Å². The van der Waals surface area contributed by atoms with Crippen molar-refractivity contribution in [1.29, 1.82) is 0 Å². The van der Waals surface area contributed by atoms with Gasteiger partial charge in [0, 0.05) is 4.88 Å². The quantitative estimate of drug-likeness (QED) is 0.747. The number of benzene rings is 1. The lowest BCUT2D eigenvalue weighted by Crippen LogP contribution is -2.21. The lowest BCUT2D eigenvalue weighted by Gasteiger charge is -2.18. The molecule has 0 saturated carbocycles. The van der Waals surface area contributed by atoms with Gasteiger partial charge in [0.05, 0.1) is 12.2 Å². The fourth-order valence-electron chi connectivity index (χ4n) is 3.20. The maximum Gasteiger partial charge on any atom is 0.341 e. The molecule has 1 unspecified atom stereocenters. The summed E-state index contributed by atoms with van der Waals surface area (Å²) in [7, 11) is 0. The second kappa shape index (κ2) is 8.57. The third kappa shape index (κ3) is 4.69. The van der Waals surface area contributed by atoms with E-state index in [1.54, 1.807) is 6.92 Å². The average Bonchev–Trinajstić information content (AvgIpc) is 2.98. The second-order valence-electron chi connectivity index (χ2n) is 6.93. The summed E-state index contributed by atoms with van der Waals surface area (Å²) in [6.45, 7) is 6.19. The van der Waals surface area contributed by atoms with E-state index < -0.39 is 0 Å². The molecule has 0 aliphatic heterocycles. The zero-order valence-corrected chi connectivity index (χ0v) is 16.8. The van der Waals surface area contributed by atoms with Crippen LogP contribution in [0.25, 0.3) is 0 Å². The van der Waals surface area contributed by atoms with Crippen LogP contribution in [0.5, 0.6) is 5.75 Å². The van der Waals surface area contributed by atoms with Crippen molar-refractivity contribution < 1.29 is 19.1 Å². The first-order chi connectivity index (χ1) is 13.0. The molecule has 27 heavy (non-hydrogen) atoms. The number of ether oxygens (including phenoxy) is 2. The number of hydrogen-bond donors (Lipinski definition) is 1. The molecule has 1 aromatic carbocycles. The number of amides is 1. The molecule has 0 bridgehead atoms. The predicted octanol–water partition coefficient (Wildman–Crippen LogP) is 4.38. The summed E-state index contributed by atoms with van der Waals surface area (Å²) >= 11 is 1.48. The van der Waals surface area contributed by atoms with Crippen molar-refractivity contribution in [3.63, 3.8) is 0 Å². The highest BCUT2D eigenvalue weighted by Crippen LogP contribution is 2.40. The molecule has 2 aromatic rings. The smallest absolute Gasteiger partial charge is 0.341 e. The Bertz CT molecular complexity index is 825. The number of nitrogens with one attached hydrogen (secondary N) is 1. The molecular formula is C21H25NO4S. The number of aryl methyl sites for hydroxylation is 1. The number of thiophene rings is 1. The number of fused-ring (bicyclic) bond motifs is 1. The van der Waals surface area contributed by atoms with E-state index in [0.29, 0.717) is 28.8 Å². The van der Waals surface area contributed by atoms with Gasteiger partial charge in [-0.25, -0.2) is 4.79 Å². The van der Waals surface area contributed by atoms with Crippen LogP contribution in [-0.4, -0.2) is 25.1 Å². The van der Waals surface area contributed by atoms with E-state index in [1.165, 1.54) is 16.2 Å². The van der Waals surface area contributed by atoms with Crippen LogP contribution in [0, 0.1) is 12.8 Å². The van der Waals surface area contributed by atoms with Crippen molar-refractivity contribution in [3.8, 4) is 5.75 Å². The van der Waals surface area contributed by atoms with Crippen LogP contribution in [0.4, 0.5) is 5.00 Å². The number of carbonyl (C=O) groups excluding carboxylic acids is 2. The molecule has 1 amide bonds. The second-order valence-corrected chi connectivity index (χ2v) is 8.03. The molecule has 0 fully saturated rings. The first-order valence-corrected chi connectivity index (χ1v) is 10.1. The molecule has 3 rings (SSSR count). The van der Waals surface area contributed by atoms with Crippen molar-refractivity contribution in [2.75, 3.05) is 18.5 Å². The van der Waals surface area contributed by atoms with Gasteiger partial charge >= 0.3 is 5.97 Å². The summed E-state index contributed by atoms with van der Waals surface area (Å²) in [4.78, 5) is 26.0. The molecule has 0 spiro atoms. The lowest BCUT2D eigenvalue weighted by atomic mass is 9.88. The highest BCUT2D eigenvalue weighted by Gasteiger charge is 2.29. The van der Waals surface area contributed by atoms with Crippen molar-refractivity contribution in [3.05, 3.63) is 45.8 Å². The van der Waals surface area contributed by atoms with Crippen molar-refractivity contribution >= 4 is 28.2 Å². The van der Waals surface area contributed by atoms with Gasteiger partial charge in [0.2, 0.25) is 0 Å². The predicted molar refractivity (Wildman–Crippen MR) is 107 cm³/mol. The van der Waals surface area contributed by atoms with Crippen molar-refractivity contribution in [2.45, 2.75) is 40.0 Å². The third-order valence-corrected chi connectivity index (χ3v) is 5.80. The van der Waals surface area contributed by atoms with Gasteiger partial charge in [-0.15, -0.1) is 11.3 Å². The van der Waals surface area contributed by atoms with Gasteiger partial charge in [0.1, 0.15) is 10.8 Å². The first kappa shape index (κ1) is 19.4. The Morgan fingerprint density at radius 2 is 2.00 bits per heavy atom. The zero-order chi connectivity index (χ0) is 19.4. The van der Waals surface area contributed by atoms with Gasteiger partial charge in [-0.05, 0) is 56.7 Å².